The molecule has 0 heterocycles. The third kappa shape index (κ3) is 2.47. The van der Waals surface area contributed by atoms with Gasteiger partial charge in [-0.15, -0.1) is 0 Å². The molecule has 0 amide bonds. The van der Waals surface area contributed by atoms with Crippen molar-refractivity contribution < 1.29 is 27.1 Å². The van der Waals surface area contributed by atoms with Crippen LogP contribution in [0.4, 0.5) is 17.6 Å². The normalized spacial score (nSPS) is 10.9. The highest BCUT2D eigenvalue weighted by Gasteiger charge is 2.29. The number of carbonyl (C=O) groups excluding carboxylic acids is 1. The van der Waals surface area contributed by atoms with Gasteiger partial charge in [-0.1, -0.05) is 6.92 Å². The molecule has 1 aromatic carbocycles. The maximum atomic E-state index is 13.5. The van der Waals surface area contributed by atoms with Gasteiger partial charge in [-0.2, -0.15) is 0 Å². The minimum absolute atomic E-state index is 0.164. The average molecular weight is 264 g/mol. The van der Waals surface area contributed by atoms with Gasteiger partial charge >= 0.3 is 5.97 Å². The highest BCUT2D eigenvalue weighted by Crippen LogP contribution is 2.25. The summed E-state index contributed by atoms with van der Waals surface area (Å²) in [6, 6.07) is 0. The Morgan fingerprint density at radius 2 is 1.56 bits per heavy atom. The Labute approximate surface area is 102 Å². The maximum absolute atomic E-state index is 13.5. The van der Waals surface area contributed by atoms with Crippen molar-refractivity contribution in [2.45, 2.75) is 33.3 Å². The molecule has 0 spiro atoms. The van der Waals surface area contributed by atoms with Crippen LogP contribution in [0.5, 0.6) is 0 Å². The lowest BCUT2D eigenvalue weighted by Gasteiger charge is -2.13. The molecule has 0 saturated heterocycles. The van der Waals surface area contributed by atoms with E-state index in [4.69, 9.17) is 0 Å². The van der Waals surface area contributed by atoms with Gasteiger partial charge in [-0.3, -0.25) is 0 Å². The third-order valence-corrected chi connectivity index (χ3v) is 2.26. The maximum Gasteiger partial charge on any atom is 0.341 e. The van der Waals surface area contributed by atoms with Crippen LogP contribution in [0.1, 0.15) is 36.7 Å². The number of benzene rings is 1. The molecule has 0 bridgehead atoms. The Kier molecular flexibility index (Phi) is 4.32. The van der Waals surface area contributed by atoms with Crippen molar-refractivity contribution in [1.29, 1.82) is 0 Å². The van der Waals surface area contributed by atoms with Crippen molar-refractivity contribution in [2.75, 3.05) is 0 Å². The van der Waals surface area contributed by atoms with Crippen LogP contribution in [0.2, 0.25) is 0 Å². The summed E-state index contributed by atoms with van der Waals surface area (Å²) < 4.78 is 57.7. The summed E-state index contributed by atoms with van der Waals surface area (Å²) in [4.78, 5) is 11.6. The highest BCUT2D eigenvalue weighted by atomic mass is 19.2. The number of carbonyl (C=O) groups is 1. The van der Waals surface area contributed by atoms with Gasteiger partial charge in [0, 0.05) is 5.56 Å². The molecule has 0 aliphatic carbocycles. The number of halogens is 4. The Bertz CT molecular complexity index is 484. The topological polar surface area (TPSA) is 26.3 Å². The van der Waals surface area contributed by atoms with Gasteiger partial charge < -0.3 is 4.74 Å². The molecule has 0 saturated carbocycles. The molecule has 100 valence electrons. The van der Waals surface area contributed by atoms with Crippen LogP contribution in [0.25, 0.3) is 0 Å². The Morgan fingerprint density at radius 1 is 1.06 bits per heavy atom. The van der Waals surface area contributed by atoms with Crippen molar-refractivity contribution in [1.82, 2.24) is 0 Å². The SMILES string of the molecule is CCc1c(F)c(F)c(F)c(F)c1C(=O)OC(C)C. The van der Waals surface area contributed by atoms with E-state index in [1.54, 1.807) is 0 Å². The summed E-state index contributed by atoms with van der Waals surface area (Å²) in [5.74, 6) is -8.44. The summed E-state index contributed by atoms with van der Waals surface area (Å²) >= 11 is 0. The molecule has 0 N–H and O–H groups in total. The molecule has 0 aliphatic rings. The van der Waals surface area contributed by atoms with Crippen molar-refractivity contribution in [2.24, 2.45) is 0 Å². The van der Waals surface area contributed by atoms with Crippen LogP contribution >= 0.6 is 0 Å². The lowest BCUT2D eigenvalue weighted by molar-refractivity contribution is 0.0368. The van der Waals surface area contributed by atoms with E-state index in [2.05, 4.69) is 4.74 Å². The fourth-order valence-corrected chi connectivity index (χ4v) is 1.49. The first-order chi connectivity index (χ1) is 8.31. The number of rotatable bonds is 3. The molecule has 18 heavy (non-hydrogen) atoms. The summed E-state index contributed by atoms with van der Waals surface area (Å²) in [5.41, 5.74) is -1.42. The predicted molar refractivity (Wildman–Crippen MR) is 56.2 cm³/mol. The number of hydrogen-bond donors (Lipinski definition) is 0. The van der Waals surface area contributed by atoms with E-state index in [-0.39, 0.29) is 6.42 Å². The molecule has 0 radical (unpaired) electrons. The van der Waals surface area contributed by atoms with Crippen LogP contribution in [0, 0.1) is 23.3 Å². The molecule has 0 fully saturated rings. The summed E-state index contributed by atoms with van der Waals surface area (Å²) in [7, 11) is 0. The van der Waals surface area contributed by atoms with Crippen LogP contribution in [-0.4, -0.2) is 12.1 Å². The molecule has 2 nitrogen and oxygen atoms in total. The fraction of sp³-hybridized carbons (Fsp3) is 0.417. The second kappa shape index (κ2) is 5.37. The summed E-state index contributed by atoms with van der Waals surface area (Å²) in [6.45, 7) is 4.39. The van der Waals surface area contributed by atoms with Crippen LogP contribution in [0.15, 0.2) is 0 Å². The predicted octanol–water partition coefficient (Wildman–Crippen LogP) is 3.37. The van der Waals surface area contributed by atoms with Gasteiger partial charge in [0.1, 0.15) is 5.56 Å². The quantitative estimate of drug-likeness (QED) is 0.362. The molecule has 0 unspecified atom stereocenters. The van der Waals surface area contributed by atoms with Crippen LogP contribution < -0.4 is 0 Å². The first-order valence-electron chi connectivity index (χ1n) is 5.37. The monoisotopic (exact) mass is 264 g/mol. The van der Waals surface area contributed by atoms with E-state index < -0.39 is 46.5 Å². The third-order valence-electron chi connectivity index (χ3n) is 2.26. The zero-order valence-corrected chi connectivity index (χ0v) is 10.1. The largest absolute Gasteiger partial charge is 0.459 e. The van der Waals surface area contributed by atoms with Crippen molar-refractivity contribution >= 4 is 5.97 Å². The Hall–Kier alpha value is -1.59. The Balaban J connectivity index is 3.47. The van der Waals surface area contributed by atoms with E-state index in [0.717, 1.165) is 0 Å². The smallest absolute Gasteiger partial charge is 0.341 e. The van der Waals surface area contributed by atoms with Crippen molar-refractivity contribution in [3.05, 3.63) is 34.4 Å². The highest BCUT2D eigenvalue weighted by molar-refractivity contribution is 5.91. The lowest BCUT2D eigenvalue weighted by Crippen LogP contribution is -2.18. The summed E-state index contributed by atoms with van der Waals surface area (Å²) in [5, 5.41) is 0. The first-order valence-corrected chi connectivity index (χ1v) is 5.37. The zero-order valence-electron chi connectivity index (χ0n) is 10.1. The van der Waals surface area contributed by atoms with E-state index in [0.29, 0.717) is 0 Å². The van der Waals surface area contributed by atoms with Crippen molar-refractivity contribution in [3.63, 3.8) is 0 Å². The van der Waals surface area contributed by atoms with Gasteiger partial charge in [-0.25, -0.2) is 22.4 Å². The standard InChI is InChI=1S/C12H12F4O2/c1-4-6-7(12(17)18-5(2)3)9(14)11(16)10(15)8(6)13/h5H,4H2,1-3H3. The minimum Gasteiger partial charge on any atom is -0.459 e. The van der Waals surface area contributed by atoms with E-state index in [1.807, 2.05) is 0 Å². The Morgan fingerprint density at radius 3 is 2.00 bits per heavy atom. The van der Waals surface area contributed by atoms with Gasteiger partial charge in [0.05, 0.1) is 6.10 Å². The number of hydrogen-bond acceptors (Lipinski definition) is 2. The van der Waals surface area contributed by atoms with Gasteiger partial charge in [-0.05, 0) is 20.3 Å². The molecule has 1 rings (SSSR count). The summed E-state index contributed by atoms with van der Waals surface area (Å²) in [6.07, 6.45) is -0.750. The first kappa shape index (κ1) is 14.5. The van der Waals surface area contributed by atoms with E-state index in [9.17, 15) is 22.4 Å². The second-order valence-electron chi connectivity index (χ2n) is 3.92. The number of ether oxygens (including phenoxy) is 1. The zero-order chi connectivity index (χ0) is 14.0. The molecule has 1 aromatic rings. The molecular formula is C12H12F4O2. The van der Waals surface area contributed by atoms with Gasteiger partial charge in [0.2, 0.25) is 0 Å². The fourth-order valence-electron chi connectivity index (χ4n) is 1.49. The van der Waals surface area contributed by atoms with Gasteiger partial charge in [0.15, 0.2) is 23.3 Å². The van der Waals surface area contributed by atoms with E-state index >= 15 is 0 Å². The molecule has 0 aliphatic heterocycles. The van der Waals surface area contributed by atoms with Crippen molar-refractivity contribution in [3.8, 4) is 0 Å². The number of esters is 1. The molecule has 0 aromatic heterocycles. The molecule has 6 heteroatoms. The van der Waals surface area contributed by atoms with Crippen LogP contribution in [0.3, 0.4) is 0 Å². The van der Waals surface area contributed by atoms with E-state index in [1.165, 1.54) is 20.8 Å². The molecule has 0 atom stereocenters. The second-order valence-corrected chi connectivity index (χ2v) is 3.92. The van der Waals surface area contributed by atoms with Crippen LogP contribution in [-0.2, 0) is 11.2 Å². The lowest BCUT2D eigenvalue weighted by atomic mass is 10.0. The van der Waals surface area contributed by atoms with Gasteiger partial charge in [0.25, 0.3) is 0 Å². The molecular weight excluding hydrogens is 252 g/mol. The average Bonchev–Trinajstić information content (AvgIpc) is 2.29. The minimum atomic E-state index is -2.01.